The van der Waals surface area contributed by atoms with Gasteiger partial charge in [-0.2, -0.15) is 12.6 Å². The van der Waals surface area contributed by atoms with Crippen molar-refractivity contribution < 1.29 is 39.0 Å². The van der Waals surface area contributed by atoms with Gasteiger partial charge >= 0.3 is 11.9 Å². The van der Waals surface area contributed by atoms with Crippen LogP contribution >= 0.6 is 12.6 Å². The van der Waals surface area contributed by atoms with Gasteiger partial charge in [0.1, 0.15) is 12.1 Å². The van der Waals surface area contributed by atoms with Crippen molar-refractivity contribution in [2.45, 2.75) is 50.9 Å². The molecule has 1 aromatic carbocycles. The zero-order valence-corrected chi connectivity index (χ0v) is 19.3. The normalized spacial score (nSPS) is 13.0. The Hall–Kier alpha value is -3.61. The van der Waals surface area contributed by atoms with E-state index in [0.29, 0.717) is 18.5 Å². The van der Waals surface area contributed by atoms with Gasteiger partial charge in [0.25, 0.3) is 0 Å². The molecule has 0 radical (unpaired) electrons. The molecule has 3 atom stereocenters. The molecule has 4 amide bonds. The summed E-state index contributed by atoms with van der Waals surface area (Å²) in [6.45, 7) is 1.94. The average molecular weight is 497 g/mol. The first-order chi connectivity index (χ1) is 16.0. The van der Waals surface area contributed by atoms with E-state index in [9.17, 15) is 28.8 Å². The quantitative estimate of drug-likeness (QED) is 0.117. The SMILES string of the molecule is C[C@H](CS)NC(=O)[C@@H](CC(=O)O)NC(=O)[C@@H](CC(=O)O)NC(=O)Cc1ccc(CNC=O)cc1. The summed E-state index contributed by atoms with van der Waals surface area (Å²) >= 11 is 4.02. The standard InChI is InChI=1S/C21H28N4O8S/c1-12(10-34)23-20(32)16(8-19(30)31)25-21(33)15(7-18(28)29)24-17(27)6-13-2-4-14(5-3-13)9-22-11-26/h2-5,11-12,15-16,34H,6-10H2,1H3,(H,22,26)(H,23,32)(H,24,27)(H,25,33)(H,28,29)(H,30,31)/t12-,15-,16-/m1/s1. The molecule has 0 aliphatic carbocycles. The molecule has 1 aromatic rings. The number of carbonyl (C=O) groups excluding carboxylic acids is 4. The Morgan fingerprint density at radius 2 is 1.38 bits per heavy atom. The lowest BCUT2D eigenvalue weighted by Gasteiger charge is -2.22. The molecule has 13 heteroatoms. The highest BCUT2D eigenvalue weighted by Crippen LogP contribution is 2.06. The van der Waals surface area contributed by atoms with Crippen LogP contribution in [0.15, 0.2) is 24.3 Å². The molecule has 1 rings (SSSR count). The van der Waals surface area contributed by atoms with E-state index >= 15 is 0 Å². The number of hydrogen-bond acceptors (Lipinski definition) is 7. The number of carbonyl (C=O) groups is 6. The molecule has 0 saturated carbocycles. The van der Waals surface area contributed by atoms with Crippen LogP contribution in [0.4, 0.5) is 0 Å². The molecule has 34 heavy (non-hydrogen) atoms. The lowest BCUT2D eigenvalue weighted by molar-refractivity contribution is -0.143. The van der Waals surface area contributed by atoms with Gasteiger partial charge in [0.05, 0.1) is 19.3 Å². The van der Waals surface area contributed by atoms with Gasteiger partial charge in [0.15, 0.2) is 0 Å². The van der Waals surface area contributed by atoms with E-state index < -0.39 is 60.6 Å². The van der Waals surface area contributed by atoms with Crippen molar-refractivity contribution in [1.29, 1.82) is 0 Å². The minimum Gasteiger partial charge on any atom is -0.481 e. The lowest BCUT2D eigenvalue weighted by atomic mass is 10.1. The fraction of sp³-hybridized carbons (Fsp3) is 0.429. The van der Waals surface area contributed by atoms with Crippen LogP contribution in [0.2, 0.25) is 0 Å². The van der Waals surface area contributed by atoms with Crippen LogP contribution in [0.3, 0.4) is 0 Å². The number of thiol groups is 1. The zero-order chi connectivity index (χ0) is 25.7. The monoisotopic (exact) mass is 496 g/mol. The van der Waals surface area contributed by atoms with Crippen molar-refractivity contribution in [2.75, 3.05) is 5.75 Å². The highest BCUT2D eigenvalue weighted by molar-refractivity contribution is 7.80. The van der Waals surface area contributed by atoms with Gasteiger partial charge in [-0.1, -0.05) is 24.3 Å². The fourth-order valence-electron chi connectivity index (χ4n) is 2.79. The Labute approximate surface area is 201 Å². The number of aliphatic carboxylic acids is 2. The van der Waals surface area contributed by atoms with E-state index in [2.05, 4.69) is 33.9 Å². The topological polar surface area (TPSA) is 191 Å². The third-order valence-electron chi connectivity index (χ3n) is 4.48. The van der Waals surface area contributed by atoms with Crippen molar-refractivity contribution >= 4 is 48.7 Å². The van der Waals surface area contributed by atoms with Crippen molar-refractivity contribution in [1.82, 2.24) is 21.3 Å². The highest BCUT2D eigenvalue weighted by Gasteiger charge is 2.30. The summed E-state index contributed by atoms with van der Waals surface area (Å²) < 4.78 is 0. The predicted octanol–water partition coefficient (Wildman–Crippen LogP) is -1.17. The van der Waals surface area contributed by atoms with Crippen LogP contribution in [-0.4, -0.2) is 70.2 Å². The summed E-state index contributed by atoms with van der Waals surface area (Å²) in [5, 5.41) is 27.7. The van der Waals surface area contributed by atoms with Gasteiger partial charge in [-0.15, -0.1) is 0 Å². The van der Waals surface area contributed by atoms with Gasteiger partial charge in [-0.25, -0.2) is 0 Å². The lowest BCUT2D eigenvalue weighted by Crippen LogP contribution is -2.56. The molecule has 0 saturated heterocycles. The molecule has 0 fully saturated rings. The number of hydrogen-bond donors (Lipinski definition) is 7. The minimum atomic E-state index is -1.53. The molecule has 0 aliphatic rings. The van der Waals surface area contributed by atoms with Crippen LogP contribution in [0.5, 0.6) is 0 Å². The molecule has 0 heterocycles. The van der Waals surface area contributed by atoms with E-state index in [1.807, 2.05) is 0 Å². The first-order valence-corrected chi connectivity index (χ1v) is 10.9. The molecule has 6 N–H and O–H groups in total. The van der Waals surface area contributed by atoms with Crippen molar-refractivity contribution in [3.8, 4) is 0 Å². The first kappa shape index (κ1) is 28.4. The van der Waals surface area contributed by atoms with Gasteiger partial charge in [-0.05, 0) is 18.1 Å². The first-order valence-electron chi connectivity index (χ1n) is 10.2. The molecule has 0 aliphatic heterocycles. The van der Waals surface area contributed by atoms with Crippen molar-refractivity contribution in [3.63, 3.8) is 0 Å². The van der Waals surface area contributed by atoms with Crippen molar-refractivity contribution in [3.05, 3.63) is 35.4 Å². The summed E-state index contributed by atoms with van der Waals surface area (Å²) in [5.41, 5.74) is 1.38. The largest absolute Gasteiger partial charge is 0.481 e. The van der Waals surface area contributed by atoms with Gasteiger partial charge in [0, 0.05) is 18.3 Å². The Morgan fingerprint density at radius 1 is 0.882 bits per heavy atom. The van der Waals surface area contributed by atoms with Crippen LogP contribution in [-0.2, 0) is 41.7 Å². The summed E-state index contributed by atoms with van der Waals surface area (Å²) in [7, 11) is 0. The number of benzene rings is 1. The third-order valence-corrected chi connectivity index (χ3v) is 5.03. The molecule has 0 spiro atoms. The molecular formula is C21H28N4O8S. The Bertz CT molecular complexity index is 893. The maximum atomic E-state index is 12.7. The van der Waals surface area contributed by atoms with E-state index in [-0.39, 0.29) is 12.2 Å². The van der Waals surface area contributed by atoms with Crippen LogP contribution in [0.25, 0.3) is 0 Å². The van der Waals surface area contributed by atoms with Gasteiger partial charge < -0.3 is 31.5 Å². The fourth-order valence-corrected chi connectivity index (χ4v) is 2.89. The number of carboxylic acid groups (broad SMARTS) is 2. The maximum Gasteiger partial charge on any atom is 0.305 e. The second-order valence-corrected chi connectivity index (χ2v) is 7.83. The molecule has 0 unspecified atom stereocenters. The average Bonchev–Trinajstić information content (AvgIpc) is 2.76. The van der Waals surface area contributed by atoms with Gasteiger partial charge in [-0.3, -0.25) is 28.8 Å². The van der Waals surface area contributed by atoms with Crippen molar-refractivity contribution in [2.24, 2.45) is 0 Å². The Kier molecular flexibility index (Phi) is 12.1. The number of nitrogens with one attached hydrogen (secondary N) is 4. The third kappa shape index (κ3) is 10.8. The molecular weight excluding hydrogens is 468 g/mol. The second kappa shape index (κ2) is 14.5. The molecule has 12 nitrogen and oxygen atoms in total. The van der Waals surface area contributed by atoms with Crippen LogP contribution in [0, 0.1) is 0 Å². The smallest absolute Gasteiger partial charge is 0.305 e. The zero-order valence-electron chi connectivity index (χ0n) is 18.4. The second-order valence-electron chi connectivity index (χ2n) is 7.46. The highest BCUT2D eigenvalue weighted by atomic mass is 32.1. The summed E-state index contributed by atoms with van der Waals surface area (Å²) in [6, 6.07) is 3.26. The number of carboxylic acids is 2. The van der Waals surface area contributed by atoms with Crippen LogP contribution < -0.4 is 21.3 Å². The van der Waals surface area contributed by atoms with E-state index in [1.54, 1.807) is 31.2 Å². The van der Waals surface area contributed by atoms with Gasteiger partial charge in [0.2, 0.25) is 24.1 Å². The summed E-state index contributed by atoms with van der Waals surface area (Å²) in [6.07, 6.45) is -1.12. The number of rotatable bonds is 15. The maximum absolute atomic E-state index is 12.7. The van der Waals surface area contributed by atoms with E-state index in [4.69, 9.17) is 10.2 Å². The Morgan fingerprint density at radius 3 is 1.88 bits per heavy atom. The molecule has 186 valence electrons. The van der Waals surface area contributed by atoms with Crippen LogP contribution in [0.1, 0.15) is 30.9 Å². The summed E-state index contributed by atoms with van der Waals surface area (Å²) in [4.78, 5) is 70.1. The Balaban J connectivity index is 2.86. The van der Waals surface area contributed by atoms with E-state index in [1.165, 1.54) is 0 Å². The molecule has 0 aromatic heterocycles. The number of amides is 4. The summed E-state index contributed by atoms with van der Waals surface area (Å²) in [5.74, 6) is -4.90. The predicted molar refractivity (Wildman–Crippen MR) is 123 cm³/mol. The molecule has 0 bridgehead atoms. The minimum absolute atomic E-state index is 0.163. The van der Waals surface area contributed by atoms with E-state index in [0.717, 1.165) is 5.56 Å².